The SMILES string of the molecule is Cc1ccccc1-n1c(C)c(C)c2c1ncn1nc(-c3cccnc3)nc21. The van der Waals surface area contributed by atoms with E-state index in [2.05, 4.69) is 59.7 Å². The molecule has 0 aliphatic heterocycles. The number of benzene rings is 1. The Morgan fingerprint density at radius 2 is 1.78 bits per heavy atom. The molecule has 27 heavy (non-hydrogen) atoms. The Hall–Kier alpha value is -3.54. The predicted molar refractivity (Wildman–Crippen MR) is 105 cm³/mol. The van der Waals surface area contributed by atoms with Crippen molar-refractivity contribution < 1.29 is 0 Å². The fourth-order valence-corrected chi connectivity index (χ4v) is 3.59. The van der Waals surface area contributed by atoms with Crippen molar-refractivity contribution in [2.24, 2.45) is 0 Å². The third-order valence-corrected chi connectivity index (χ3v) is 5.11. The van der Waals surface area contributed by atoms with Gasteiger partial charge in [0.05, 0.1) is 11.1 Å². The van der Waals surface area contributed by atoms with Crippen molar-refractivity contribution in [3.63, 3.8) is 0 Å². The molecule has 0 N–H and O–H groups in total. The molecule has 0 aliphatic rings. The van der Waals surface area contributed by atoms with Crippen molar-refractivity contribution in [1.29, 1.82) is 0 Å². The second-order valence-electron chi connectivity index (χ2n) is 6.72. The predicted octanol–water partition coefficient (Wildman–Crippen LogP) is 4.06. The number of hydrogen-bond donors (Lipinski definition) is 0. The average Bonchev–Trinajstić information content (AvgIpc) is 3.23. The highest BCUT2D eigenvalue weighted by molar-refractivity contribution is 5.95. The van der Waals surface area contributed by atoms with Crippen LogP contribution < -0.4 is 0 Å². The summed E-state index contributed by atoms with van der Waals surface area (Å²) in [6.07, 6.45) is 5.25. The molecule has 0 atom stereocenters. The largest absolute Gasteiger partial charge is 0.298 e. The minimum atomic E-state index is 0.651. The van der Waals surface area contributed by atoms with Gasteiger partial charge in [0.2, 0.25) is 0 Å². The summed E-state index contributed by atoms with van der Waals surface area (Å²) in [5, 5.41) is 5.63. The van der Waals surface area contributed by atoms with Gasteiger partial charge in [-0.15, -0.1) is 5.10 Å². The third-order valence-electron chi connectivity index (χ3n) is 5.11. The molecule has 0 aliphatic carbocycles. The van der Waals surface area contributed by atoms with Crippen LogP contribution in [0.5, 0.6) is 0 Å². The summed E-state index contributed by atoms with van der Waals surface area (Å²) in [7, 11) is 0. The summed E-state index contributed by atoms with van der Waals surface area (Å²) in [4.78, 5) is 13.7. The number of pyridine rings is 1. The van der Waals surface area contributed by atoms with E-state index in [1.807, 2.05) is 12.1 Å². The highest BCUT2D eigenvalue weighted by Crippen LogP contribution is 2.31. The topological polar surface area (TPSA) is 60.9 Å². The number of hydrogen-bond acceptors (Lipinski definition) is 4. The van der Waals surface area contributed by atoms with Gasteiger partial charge in [-0.05, 0) is 50.1 Å². The minimum Gasteiger partial charge on any atom is -0.298 e. The van der Waals surface area contributed by atoms with E-state index in [9.17, 15) is 0 Å². The Bertz CT molecular complexity index is 1300. The highest BCUT2D eigenvalue weighted by atomic mass is 15.3. The molecule has 0 radical (unpaired) electrons. The lowest BCUT2D eigenvalue weighted by Gasteiger charge is -2.10. The van der Waals surface area contributed by atoms with Gasteiger partial charge in [0.1, 0.15) is 6.33 Å². The van der Waals surface area contributed by atoms with Gasteiger partial charge in [0.25, 0.3) is 0 Å². The van der Waals surface area contributed by atoms with E-state index >= 15 is 0 Å². The summed E-state index contributed by atoms with van der Waals surface area (Å²) in [5.41, 5.74) is 7.27. The first-order valence-electron chi connectivity index (χ1n) is 8.84. The van der Waals surface area contributed by atoms with Gasteiger partial charge in [-0.25, -0.2) is 14.5 Å². The number of para-hydroxylation sites is 1. The molecule has 0 unspecified atom stereocenters. The monoisotopic (exact) mass is 354 g/mol. The van der Waals surface area contributed by atoms with E-state index in [1.54, 1.807) is 23.2 Å². The van der Waals surface area contributed by atoms with Crippen LogP contribution in [0, 0.1) is 20.8 Å². The molecule has 4 aromatic heterocycles. The smallest absolute Gasteiger partial charge is 0.183 e. The molecule has 0 fully saturated rings. The Morgan fingerprint density at radius 3 is 2.56 bits per heavy atom. The minimum absolute atomic E-state index is 0.651. The van der Waals surface area contributed by atoms with E-state index in [-0.39, 0.29) is 0 Å². The van der Waals surface area contributed by atoms with E-state index in [0.29, 0.717) is 5.82 Å². The number of nitrogens with zero attached hydrogens (tertiary/aromatic N) is 6. The molecule has 5 rings (SSSR count). The standard InChI is InChI=1S/C21H18N6/c1-13-7-4-5-9-17(13)27-15(3)14(2)18-20(27)23-12-26-21(18)24-19(25-26)16-8-6-10-22-11-16/h4-12H,1-3H3. The molecule has 0 saturated heterocycles. The zero-order valence-electron chi connectivity index (χ0n) is 15.4. The molecule has 5 aromatic rings. The Kier molecular flexibility index (Phi) is 3.33. The fraction of sp³-hybridized carbons (Fsp3) is 0.143. The molecular formula is C21H18N6. The number of aromatic nitrogens is 6. The molecule has 0 saturated carbocycles. The van der Waals surface area contributed by atoms with Crippen LogP contribution in [0.1, 0.15) is 16.8 Å². The van der Waals surface area contributed by atoms with Gasteiger partial charge in [0, 0.05) is 23.7 Å². The third kappa shape index (κ3) is 2.26. The summed E-state index contributed by atoms with van der Waals surface area (Å²) in [6.45, 7) is 6.36. The van der Waals surface area contributed by atoms with Crippen LogP contribution in [0.2, 0.25) is 0 Å². The van der Waals surface area contributed by atoms with Crippen molar-refractivity contribution in [2.75, 3.05) is 0 Å². The Labute approximate surface area is 156 Å². The Balaban J connectivity index is 1.84. The van der Waals surface area contributed by atoms with E-state index in [0.717, 1.165) is 39.2 Å². The highest BCUT2D eigenvalue weighted by Gasteiger charge is 2.19. The maximum atomic E-state index is 4.80. The lowest BCUT2D eigenvalue weighted by Crippen LogP contribution is -2.01. The second kappa shape index (κ2) is 5.74. The van der Waals surface area contributed by atoms with E-state index in [4.69, 9.17) is 9.97 Å². The van der Waals surface area contributed by atoms with Crippen LogP contribution in [-0.2, 0) is 0 Å². The maximum absolute atomic E-state index is 4.80. The lowest BCUT2D eigenvalue weighted by molar-refractivity contribution is 0.925. The quantitative estimate of drug-likeness (QED) is 0.480. The molecule has 6 nitrogen and oxygen atoms in total. The van der Waals surface area contributed by atoms with Crippen molar-refractivity contribution >= 4 is 16.7 Å². The zero-order valence-corrected chi connectivity index (χ0v) is 15.4. The number of aryl methyl sites for hydroxylation is 2. The van der Waals surface area contributed by atoms with Crippen LogP contribution in [0.25, 0.3) is 33.8 Å². The first kappa shape index (κ1) is 15.7. The van der Waals surface area contributed by atoms with Gasteiger partial charge in [0.15, 0.2) is 17.1 Å². The van der Waals surface area contributed by atoms with Crippen molar-refractivity contribution in [3.05, 3.63) is 71.9 Å². The van der Waals surface area contributed by atoms with Gasteiger partial charge < -0.3 is 0 Å². The molecule has 6 heteroatoms. The van der Waals surface area contributed by atoms with E-state index < -0.39 is 0 Å². The molecule has 1 aromatic carbocycles. The first-order chi connectivity index (χ1) is 13.1. The van der Waals surface area contributed by atoms with E-state index in [1.165, 1.54) is 5.56 Å². The van der Waals surface area contributed by atoms with Crippen LogP contribution in [0.15, 0.2) is 55.1 Å². The van der Waals surface area contributed by atoms with Crippen LogP contribution in [-0.4, -0.2) is 29.1 Å². The zero-order chi connectivity index (χ0) is 18.5. The van der Waals surface area contributed by atoms with Crippen molar-refractivity contribution in [1.82, 2.24) is 29.1 Å². The first-order valence-corrected chi connectivity index (χ1v) is 8.84. The van der Waals surface area contributed by atoms with Gasteiger partial charge in [-0.2, -0.15) is 0 Å². The molecule has 0 amide bonds. The van der Waals surface area contributed by atoms with Crippen LogP contribution in [0.3, 0.4) is 0 Å². The molecule has 132 valence electrons. The van der Waals surface area contributed by atoms with Gasteiger partial charge in [-0.1, -0.05) is 18.2 Å². The van der Waals surface area contributed by atoms with Crippen molar-refractivity contribution in [3.8, 4) is 17.1 Å². The lowest BCUT2D eigenvalue weighted by atomic mass is 10.2. The molecular weight excluding hydrogens is 336 g/mol. The summed E-state index contributed by atoms with van der Waals surface area (Å²) >= 11 is 0. The summed E-state index contributed by atoms with van der Waals surface area (Å²) in [6, 6.07) is 12.2. The number of fused-ring (bicyclic) bond motifs is 3. The van der Waals surface area contributed by atoms with Gasteiger partial charge in [-0.3, -0.25) is 9.55 Å². The number of rotatable bonds is 2. The summed E-state index contributed by atoms with van der Waals surface area (Å²) < 4.78 is 3.96. The average molecular weight is 354 g/mol. The molecule has 0 bridgehead atoms. The maximum Gasteiger partial charge on any atom is 0.183 e. The van der Waals surface area contributed by atoms with Crippen molar-refractivity contribution in [2.45, 2.75) is 20.8 Å². The van der Waals surface area contributed by atoms with Crippen LogP contribution in [0.4, 0.5) is 0 Å². The normalized spacial score (nSPS) is 11.5. The second-order valence-corrected chi connectivity index (χ2v) is 6.72. The van der Waals surface area contributed by atoms with Crippen LogP contribution >= 0.6 is 0 Å². The summed E-state index contributed by atoms with van der Waals surface area (Å²) in [5.74, 6) is 0.651. The Morgan fingerprint density at radius 1 is 0.926 bits per heavy atom. The van der Waals surface area contributed by atoms with Gasteiger partial charge >= 0.3 is 0 Å². The fourth-order valence-electron chi connectivity index (χ4n) is 3.59. The molecule has 4 heterocycles. The molecule has 0 spiro atoms.